The molecule has 5 unspecified atom stereocenters. The third-order valence-electron chi connectivity index (χ3n) is 6.55. The summed E-state index contributed by atoms with van der Waals surface area (Å²) >= 11 is 0. The summed E-state index contributed by atoms with van der Waals surface area (Å²) in [6, 6.07) is -2.26. The zero-order valence-corrected chi connectivity index (χ0v) is 18.2. The predicted octanol–water partition coefficient (Wildman–Crippen LogP) is -3.98. The summed E-state index contributed by atoms with van der Waals surface area (Å²) in [6.45, 7) is 1.83. The van der Waals surface area contributed by atoms with Gasteiger partial charge < -0.3 is 62.5 Å². The van der Waals surface area contributed by atoms with E-state index in [2.05, 4.69) is 5.32 Å². The molecule has 0 spiro atoms. The van der Waals surface area contributed by atoms with Crippen LogP contribution in [0.1, 0.15) is 26.2 Å². The van der Waals surface area contributed by atoms with E-state index in [1.165, 1.54) is 0 Å². The Kier molecular flexibility index (Phi) is 8.27. The van der Waals surface area contributed by atoms with Gasteiger partial charge in [-0.3, -0.25) is 0 Å². The molecule has 12 atom stereocenters. The van der Waals surface area contributed by atoms with E-state index in [-0.39, 0.29) is 18.8 Å². The number of likely N-dealkylation sites (N-methyl/N-ethyl adjacent to an activating group) is 1. The predicted molar refractivity (Wildman–Crippen MR) is 110 cm³/mol. The van der Waals surface area contributed by atoms with Crippen molar-refractivity contribution in [1.29, 1.82) is 0 Å². The largest absolute Gasteiger partial charge is 0.388 e. The number of hydrogen-bond acceptors (Lipinski definition) is 12. The maximum absolute atomic E-state index is 11.0. The molecule has 1 aliphatic carbocycles. The monoisotopic (exact) mass is 449 g/mol. The molecule has 3 fully saturated rings. The normalized spacial score (nSPS) is 51.6. The second-order valence-electron chi connectivity index (χ2n) is 9.15. The summed E-state index contributed by atoms with van der Waals surface area (Å²) in [6.07, 6.45) is -4.48. The molecule has 0 bridgehead atoms. The zero-order valence-electron chi connectivity index (χ0n) is 18.2. The topological polar surface area (TPSA) is 214 Å². The molecule has 12 heteroatoms. The van der Waals surface area contributed by atoms with Gasteiger partial charge >= 0.3 is 0 Å². The van der Waals surface area contributed by atoms with Crippen molar-refractivity contribution in [2.75, 3.05) is 20.2 Å². The maximum atomic E-state index is 11.0. The van der Waals surface area contributed by atoms with E-state index in [1.54, 1.807) is 14.0 Å². The van der Waals surface area contributed by atoms with Crippen LogP contribution in [0.2, 0.25) is 0 Å². The minimum absolute atomic E-state index is 0.0665. The van der Waals surface area contributed by atoms with Gasteiger partial charge in [-0.25, -0.2) is 0 Å². The zero-order chi connectivity index (χ0) is 22.9. The summed E-state index contributed by atoms with van der Waals surface area (Å²) in [5, 5.41) is 34.9. The van der Waals surface area contributed by atoms with Crippen molar-refractivity contribution < 1.29 is 34.3 Å². The molecule has 3 aliphatic rings. The van der Waals surface area contributed by atoms with Gasteiger partial charge in [0.15, 0.2) is 12.6 Å². The average molecular weight is 450 g/mol. The molecule has 0 aromatic rings. The maximum Gasteiger partial charge on any atom is 0.185 e. The van der Waals surface area contributed by atoms with Crippen molar-refractivity contribution >= 4 is 0 Å². The Hall–Kier alpha value is -0.480. The lowest BCUT2D eigenvalue weighted by molar-refractivity contribution is -0.306. The molecule has 3 rings (SSSR count). The highest BCUT2D eigenvalue weighted by Gasteiger charge is 2.50. The van der Waals surface area contributed by atoms with Gasteiger partial charge in [0, 0.05) is 18.6 Å². The number of aliphatic hydroxyl groups is 3. The Morgan fingerprint density at radius 3 is 2.19 bits per heavy atom. The van der Waals surface area contributed by atoms with Crippen LogP contribution in [0.4, 0.5) is 0 Å². The standard InChI is InChI=1S/C19H39N5O7/c1-19(27)7-28-18(13(26)16(19)24-2)31-15-11(23)5-10(22)14(12(15)25)30-17-9(21)4-3-8(6-20)29-17/h8-18,24-27H,3-7,20-23H2,1-2H3/t8?,9?,10?,11-,12+,13-,14-,15?,16?,17-,18-,19+/m1/s1. The van der Waals surface area contributed by atoms with E-state index in [9.17, 15) is 15.3 Å². The number of hydrogen-bond donors (Lipinski definition) is 8. The minimum Gasteiger partial charge on any atom is -0.388 e. The molecule has 2 heterocycles. The van der Waals surface area contributed by atoms with Crippen LogP contribution >= 0.6 is 0 Å². The van der Waals surface area contributed by atoms with Crippen molar-refractivity contribution in [3.63, 3.8) is 0 Å². The van der Waals surface area contributed by atoms with Crippen LogP contribution in [0, 0.1) is 0 Å². The molecule has 0 aromatic heterocycles. The van der Waals surface area contributed by atoms with Crippen LogP contribution in [0.15, 0.2) is 0 Å². The summed E-state index contributed by atoms with van der Waals surface area (Å²) in [4.78, 5) is 0. The van der Waals surface area contributed by atoms with Gasteiger partial charge in [0.05, 0.1) is 24.8 Å². The smallest absolute Gasteiger partial charge is 0.185 e. The summed E-state index contributed by atoms with van der Waals surface area (Å²) < 4.78 is 23.3. The Bertz CT molecular complexity index is 588. The lowest BCUT2D eigenvalue weighted by atomic mass is 9.84. The first-order valence-corrected chi connectivity index (χ1v) is 10.9. The second kappa shape index (κ2) is 10.2. The quantitative estimate of drug-likeness (QED) is 0.195. The van der Waals surface area contributed by atoms with Crippen LogP contribution in [-0.2, 0) is 18.9 Å². The minimum atomic E-state index is -1.29. The highest BCUT2D eigenvalue weighted by Crippen LogP contribution is 2.31. The number of nitrogens with one attached hydrogen (secondary N) is 1. The van der Waals surface area contributed by atoms with E-state index in [0.717, 1.165) is 6.42 Å². The Labute approximate surface area is 182 Å². The molecule has 2 aliphatic heterocycles. The highest BCUT2D eigenvalue weighted by molar-refractivity contribution is 5.01. The fraction of sp³-hybridized carbons (Fsp3) is 1.00. The van der Waals surface area contributed by atoms with E-state index in [4.69, 9.17) is 41.9 Å². The van der Waals surface area contributed by atoms with E-state index in [0.29, 0.717) is 19.4 Å². The van der Waals surface area contributed by atoms with Gasteiger partial charge in [0.25, 0.3) is 0 Å². The first kappa shape index (κ1) is 25.1. The molecule has 1 saturated carbocycles. The molecule has 31 heavy (non-hydrogen) atoms. The molecule has 0 amide bonds. The number of aliphatic hydroxyl groups excluding tert-OH is 2. The molecule has 12 nitrogen and oxygen atoms in total. The third-order valence-corrected chi connectivity index (χ3v) is 6.55. The van der Waals surface area contributed by atoms with E-state index >= 15 is 0 Å². The van der Waals surface area contributed by atoms with Crippen LogP contribution < -0.4 is 28.3 Å². The fourth-order valence-corrected chi connectivity index (χ4v) is 4.69. The molecular weight excluding hydrogens is 410 g/mol. The number of ether oxygens (including phenoxy) is 4. The van der Waals surface area contributed by atoms with E-state index < -0.39 is 60.7 Å². The summed E-state index contributed by atoms with van der Waals surface area (Å²) in [5.41, 5.74) is 23.0. The molecule has 182 valence electrons. The lowest BCUT2D eigenvalue weighted by Gasteiger charge is -2.48. The van der Waals surface area contributed by atoms with Gasteiger partial charge in [-0.1, -0.05) is 0 Å². The van der Waals surface area contributed by atoms with E-state index in [1.807, 2.05) is 0 Å². The Morgan fingerprint density at radius 2 is 1.61 bits per heavy atom. The van der Waals surface area contributed by atoms with Crippen molar-refractivity contribution in [2.45, 2.75) is 99.1 Å². The summed E-state index contributed by atoms with van der Waals surface area (Å²) in [7, 11) is 1.62. The lowest BCUT2D eigenvalue weighted by Crippen LogP contribution is -2.68. The van der Waals surface area contributed by atoms with Crippen LogP contribution in [0.25, 0.3) is 0 Å². The van der Waals surface area contributed by atoms with Crippen LogP contribution in [-0.4, -0.2) is 108 Å². The van der Waals surface area contributed by atoms with Crippen LogP contribution in [0.3, 0.4) is 0 Å². The Balaban J connectivity index is 1.68. The molecule has 2 saturated heterocycles. The van der Waals surface area contributed by atoms with Crippen molar-refractivity contribution in [3.8, 4) is 0 Å². The molecule has 0 radical (unpaired) electrons. The first-order valence-electron chi connectivity index (χ1n) is 10.9. The van der Waals surface area contributed by atoms with Crippen LogP contribution in [0.5, 0.6) is 0 Å². The number of rotatable bonds is 6. The van der Waals surface area contributed by atoms with Crippen molar-refractivity contribution in [2.24, 2.45) is 22.9 Å². The van der Waals surface area contributed by atoms with Gasteiger partial charge in [0.1, 0.15) is 30.0 Å². The van der Waals surface area contributed by atoms with Gasteiger partial charge in [-0.15, -0.1) is 0 Å². The van der Waals surface area contributed by atoms with Crippen molar-refractivity contribution in [1.82, 2.24) is 5.32 Å². The highest BCUT2D eigenvalue weighted by atomic mass is 16.7. The van der Waals surface area contributed by atoms with Gasteiger partial charge in [0.2, 0.25) is 0 Å². The first-order chi connectivity index (χ1) is 14.6. The van der Waals surface area contributed by atoms with Crippen molar-refractivity contribution in [3.05, 3.63) is 0 Å². The second-order valence-corrected chi connectivity index (χ2v) is 9.15. The Morgan fingerprint density at radius 1 is 1.00 bits per heavy atom. The number of nitrogens with two attached hydrogens (primary N) is 4. The third kappa shape index (κ3) is 5.37. The van der Waals surface area contributed by atoms with Gasteiger partial charge in [-0.2, -0.15) is 0 Å². The summed E-state index contributed by atoms with van der Waals surface area (Å²) in [5.74, 6) is 0. The average Bonchev–Trinajstić information content (AvgIpc) is 2.71. The molecule has 0 aromatic carbocycles. The van der Waals surface area contributed by atoms with Gasteiger partial charge in [-0.05, 0) is 33.2 Å². The fourth-order valence-electron chi connectivity index (χ4n) is 4.69. The molecule has 12 N–H and O–H groups in total. The molecular formula is C19H39N5O7. The SMILES string of the molecule is CNC1[C@@H](O)[C@@H](OC2[C@H](N)CC(N)[C@@H](O[C@H]3OC(CN)CCC3N)[C@@H]2O)OC[C@]1(C)O.